The summed E-state index contributed by atoms with van der Waals surface area (Å²) in [4.78, 5) is 30.1. The molecular weight excluding hydrogens is 493 g/mol. The number of amides is 3. The van der Waals surface area contributed by atoms with E-state index < -0.39 is 35.6 Å². The first-order chi connectivity index (χ1) is 18.2. The number of hydrogen-bond donors (Lipinski definition) is 1. The van der Waals surface area contributed by atoms with Gasteiger partial charge < -0.3 is 14.8 Å². The number of carbonyl (C=O) groups excluding carboxylic acids is 2. The number of hydrogen-bond acceptors (Lipinski definition) is 2. The highest BCUT2D eigenvalue weighted by Crippen LogP contribution is 2.42. The largest absolute Gasteiger partial charge is 0.322 e. The second-order valence-electron chi connectivity index (χ2n) is 9.29. The number of para-hydroxylation sites is 2. The van der Waals surface area contributed by atoms with Crippen LogP contribution in [0.1, 0.15) is 31.1 Å². The van der Waals surface area contributed by atoms with Crippen molar-refractivity contribution < 1.29 is 22.8 Å². The molecule has 0 bridgehead atoms. The summed E-state index contributed by atoms with van der Waals surface area (Å²) in [6.07, 6.45) is 1.90. The quantitative estimate of drug-likeness (QED) is 0.338. The lowest BCUT2D eigenvalue weighted by Gasteiger charge is -2.40. The average molecular weight is 519 g/mol. The molecule has 1 aromatic heterocycles. The van der Waals surface area contributed by atoms with Gasteiger partial charge in [0.2, 0.25) is 5.91 Å². The molecule has 38 heavy (non-hydrogen) atoms. The van der Waals surface area contributed by atoms with Crippen LogP contribution >= 0.6 is 0 Å². The van der Waals surface area contributed by atoms with Crippen molar-refractivity contribution in [2.24, 2.45) is 0 Å². The van der Waals surface area contributed by atoms with Gasteiger partial charge in [0, 0.05) is 24.0 Å². The summed E-state index contributed by atoms with van der Waals surface area (Å²) >= 11 is 0. The van der Waals surface area contributed by atoms with Crippen molar-refractivity contribution in [1.82, 2.24) is 9.47 Å². The maximum atomic E-state index is 14.0. The van der Waals surface area contributed by atoms with Gasteiger partial charge in [0.1, 0.15) is 18.4 Å². The Morgan fingerprint density at radius 3 is 2.29 bits per heavy atom. The molecule has 5 rings (SSSR count). The third-order valence-corrected chi connectivity index (χ3v) is 6.53. The molecule has 6 nitrogen and oxygen atoms in total. The fourth-order valence-electron chi connectivity index (χ4n) is 4.70. The van der Waals surface area contributed by atoms with Crippen LogP contribution in [0.5, 0.6) is 0 Å². The third kappa shape index (κ3) is 4.63. The highest BCUT2D eigenvalue weighted by Gasteiger charge is 2.37. The van der Waals surface area contributed by atoms with Crippen molar-refractivity contribution in [3.05, 3.63) is 114 Å². The van der Waals surface area contributed by atoms with E-state index in [0.717, 1.165) is 23.5 Å². The molecule has 0 aliphatic carbocycles. The van der Waals surface area contributed by atoms with Gasteiger partial charge in [-0.1, -0.05) is 24.3 Å². The minimum absolute atomic E-state index is 0.0670. The van der Waals surface area contributed by atoms with Gasteiger partial charge in [0.15, 0.2) is 11.6 Å². The van der Waals surface area contributed by atoms with Crippen LogP contribution in [-0.2, 0) is 4.79 Å². The highest BCUT2D eigenvalue weighted by molar-refractivity contribution is 6.01. The maximum Gasteiger partial charge on any atom is 0.322 e. The number of urea groups is 1. The minimum atomic E-state index is -1.09. The monoisotopic (exact) mass is 518 g/mol. The van der Waals surface area contributed by atoms with Crippen LogP contribution in [0, 0.1) is 17.5 Å². The maximum absolute atomic E-state index is 14.0. The van der Waals surface area contributed by atoms with Crippen molar-refractivity contribution in [2.75, 3.05) is 16.8 Å². The van der Waals surface area contributed by atoms with Gasteiger partial charge in [-0.2, -0.15) is 0 Å². The molecule has 1 N–H and O–H groups in total. The summed E-state index contributed by atoms with van der Waals surface area (Å²) in [5.74, 6) is -2.88. The molecule has 0 radical (unpaired) electrons. The van der Waals surface area contributed by atoms with Crippen molar-refractivity contribution >= 4 is 23.3 Å². The Bertz CT molecular complexity index is 1500. The summed E-state index contributed by atoms with van der Waals surface area (Å²) in [5, 5.41) is 2.54. The fourth-order valence-corrected chi connectivity index (χ4v) is 4.70. The van der Waals surface area contributed by atoms with E-state index in [1.807, 2.05) is 47.2 Å². The van der Waals surface area contributed by atoms with E-state index in [1.165, 1.54) is 23.1 Å². The predicted octanol–water partition coefficient (Wildman–Crippen LogP) is 6.27. The van der Waals surface area contributed by atoms with E-state index in [1.54, 1.807) is 30.9 Å². The molecular formula is C29H25F3N4O2. The van der Waals surface area contributed by atoms with Gasteiger partial charge in [-0.25, -0.2) is 18.0 Å². The van der Waals surface area contributed by atoms with Gasteiger partial charge in [0.05, 0.1) is 17.1 Å². The molecule has 2 heterocycles. The van der Waals surface area contributed by atoms with Crippen molar-refractivity contribution in [1.29, 1.82) is 0 Å². The number of nitrogens with one attached hydrogen (secondary N) is 1. The number of carbonyl (C=O) groups is 2. The van der Waals surface area contributed by atoms with Crippen molar-refractivity contribution in [3.63, 3.8) is 0 Å². The van der Waals surface area contributed by atoms with Crippen molar-refractivity contribution in [2.45, 2.75) is 25.9 Å². The Hall–Kier alpha value is -4.53. The number of halogens is 3. The number of aromatic nitrogens is 1. The molecule has 0 saturated carbocycles. The molecule has 194 valence electrons. The zero-order valence-corrected chi connectivity index (χ0v) is 20.7. The molecule has 1 aliphatic heterocycles. The van der Waals surface area contributed by atoms with E-state index in [4.69, 9.17) is 0 Å². The Morgan fingerprint density at radius 2 is 1.61 bits per heavy atom. The number of rotatable bonds is 5. The van der Waals surface area contributed by atoms with Gasteiger partial charge in [-0.15, -0.1) is 0 Å². The number of nitrogens with zero attached hydrogens (tertiary/aromatic N) is 3. The summed E-state index contributed by atoms with van der Waals surface area (Å²) in [6, 6.07) is 18.6. The highest BCUT2D eigenvalue weighted by atomic mass is 19.2. The standard InChI is InChI=1S/C29H25F3N4O2/c1-18(2)35(29(38)33-21-13-14-22(31)23(32)16-21)17-27(37)36-25-7-4-3-6-24(25)34-15-5-8-26(34)28(36)19-9-11-20(30)12-10-19/h3-16,18,28H,17H2,1-2H3,(H,33,38). The lowest BCUT2D eigenvalue weighted by atomic mass is 9.97. The van der Waals surface area contributed by atoms with Gasteiger partial charge in [0.25, 0.3) is 0 Å². The first kappa shape index (κ1) is 25.1. The van der Waals surface area contributed by atoms with Crippen molar-refractivity contribution in [3.8, 4) is 5.69 Å². The smallest absolute Gasteiger partial charge is 0.316 e. The first-order valence-corrected chi connectivity index (χ1v) is 12.1. The van der Waals surface area contributed by atoms with Gasteiger partial charge in [-0.05, 0) is 67.9 Å². The summed E-state index contributed by atoms with van der Waals surface area (Å²) in [7, 11) is 0. The lowest BCUT2D eigenvalue weighted by molar-refractivity contribution is -0.119. The van der Waals surface area contributed by atoms with Crippen LogP contribution in [-0.4, -0.2) is 34.0 Å². The Balaban J connectivity index is 1.50. The van der Waals surface area contributed by atoms with Crippen LogP contribution in [0.15, 0.2) is 85.1 Å². The van der Waals surface area contributed by atoms with E-state index in [9.17, 15) is 22.8 Å². The molecule has 0 saturated heterocycles. The average Bonchev–Trinajstić information content (AvgIpc) is 3.39. The molecule has 9 heteroatoms. The van der Waals surface area contributed by atoms with Crippen LogP contribution in [0.4, 0.5) is 29.3 Å². The molecule has 1 atom stereocenters. The van der Waals surface area contributed by atoms with Gasteiger partial charge >= 0.3 is 6.03 Å². The number of benzene rings is 3. The van der Waals surface area contributed by atoms with E-state index >= 15 is 0 Å². The third-order valence-electron chi connectivity index (χ3n) is 6.53. The number of anilines is 2. The normalized spacial score (nSPS) is 14.2. The zero-order chi connectivity index (χ0) is 27.0. The van der Waals surface area contributed by atoms with Crippen LogP contribution in [0.3, 0.4) is 0 Å². The summed E-state index contributed by atoms with van der Waals surface area (Å²) in [5.41, 5.74) is 3.02. The Morgan fingerprint density at radius 1 is 0.895 bits per heavy atom. The molecule has 0 fully saturated rings. The van der Waals surface area contributed by atoms with E-state index in [2.05, 4.69) is 5.32 Å². The molecule has 1 unspecified atom stereocenters. The van der Waals surface area contributed by atoms with Crippen LogP contribution < -0.4 is 10.2 Å². The summed E-state index contributed by atoms with van der Waals surface area (Å²) in [6.45, 7) is 3.22. The molecule has 3 aromatic carbocycles. The summed E-state index contributed by atoms with van der Waals surface area (Å²) < 4.78 is 42.8. The second kappa shape index (κ2) is 10.1. The fraction of sp³-hybridized carbons (Fsp3) is 0.172. The van der Waals surface area contributed by atoms with Gasteiger partial charge in [-0.3, -0.25) is 9.69 Å². The predicted molar refractivity (Wildman–Crippen MR) is 139 cm³/mol. The number of fused-ring (bicyclic) bond motifs is 3. The molecule has 3 amide bonds. The van der Waals surface area contributed by atoms with Crippen LogP contribution in [0.25, 0.3) is 5.69 Å². The Labute approximate surface area is 217 Å². The van der Waals surface area contributed by atoms with Crippen LogP contribution in [0.2, 0.25) is 0 Å². The lowest BCUT2D eigenvalue weighted by Crippen LogP contribution is -2.49. The SMILES string of the molecule is CC(C)N(CC(=O)N1c2ccccc2-n2cccc2C1c1ccc(F)cc1)C(=O)Nc1ccc(F)c(F)c1. The second-order valence-corrected chi connectivity index (χ2v) is 9.29. The molecule has 4 aromatic rings. The minimum Gasteiger partial charge on any atom is -0.316 e. The Kier molecular flexibility index (Phi) is 6.67. The van der Waals surface area contributed by atoms with E-state index in [0.29, 0.717) is 11.3 Å². The zero-order valence-electron chi connectivity index (χ0n) is 20.7. The molecule has 0 spiro atoms. The molecule has 1 aliphatic rings. The topological polar surface area (TPSA) is 57.6 Å². The van der Waals surface area contributed by atoms with E-state index in [-0.39, 0.29) is 18.1 Å². The first-order valence-electron chi connectivity index (χ1n) is 12.1.